The van der Waals surface area contributed by atoms with E-state index in [4.69, 9.17) is 0 Å². The highest BCUT2D eigenvalue weighted by Crippen LogP contribution is 2.14. The van der Waals surface area contributed by atoms with Gasteiger partial charge in [-0.1, -0.05) is 6.07 Å². The summed E-state index contributed by atoms with van der Waals surface area (Å²) in [6.07, 6.45) is -0.129. The van der Waals surface area contributed by atoms with E-state index < -0.39 is 27.6 Å². The zero-order valence-corrected chi connectivity index (χ0v) is 13.7. The first kappa shape index (κ1) is 18.0. The lowest BCUT2D eigenvalue weighted by Gasteiger charge is -2.08. The van der Waals surface area contributed by atoms with E-state index in [1.165, 1.54) is 12.1 Å². The van der Waals surface area contributed by atoms with Crippen molar-refractivity contribution in [1.82, 2.24) is 4.72 Å². The highest BCUT2D eigenvalue weighted by Gasteiger charge is 2.14. The van der Waals surface area contributed by atoms with E-state index in [-0.39, 0.29) is 17.9 Å². The van der Waals surface area contributed by atoms with Gasteiger partial charge in [0.15, 0.2) is 0 Å². The van der Waals surface area contributed by atoms with Gasteiger partial charge in [-0.3, -0.25) is 4.79 Å². The number of amides is 1. The standard InChI is InChI=1S/C16H16F2N2O3S/c1-11-2-5-13(10-15(11)18)20-16(21)8-9-19-24(22,23)14-6-3-12(17)4-7-14/h2-7,10,19H,8-9H2,1H3,(H,20,21). The Morgan fingerprint density at radius 3 is 2.38 bits per heavy atom. The van der Waals surface area contributed by atoms with E-state index in [0.29, 0.717) is 11.3 Å². The molecule has 5 nitrogen and oxygen atoms in total. The van der Waals surface area contributed by atoms with Crippen LogP contribution >= 0.6 is 0 Å². The Morgan fingerprint density at radius 2 is 1.75 bits per heavy atom. The zero-order chi connectivity index (χ0) is 17.7. The van der Waals surface area contributed by atoms with Crippen molar-refractivity contribution in [1.29, 1.82) is 0 Å². The molecule has 128 valence electrons. The monoisotopic (exact) mass is 354 g/mol. The molecule has 0 aliphatic rings. The van der Waals surface area contributed by atoms with Crippen molar-refractivity contribution in [3.63, 3.8) is 0 Å². The fourth-order valence-electron chi connectivity index (χ4n) is 1.89. The molecule has 2 aromatic carbocycles. The molecular weight excluding hydrogens is 338 g/mol. The van der Waals surface area contributed by atoms with E-state index >= 15 is 0 Å². The molecule has 1 amide bonds. The normalized spacial score (nSPS) is 11.3. The smallest absolute Gasteiger partial charge is 0.240 e. The number of halogens is 2. The van der Waals surface area contributed by atoms with Crippen LogP contribution in [0.3, 0.4) is 0 Å². The zero-order valence-electron chi connectivity index (χ0n) is 12.8. The third-order valence-corrected chi connectivity index (χ3v) is 4.70. The Balaban J connectivity index is 1.87. The number of benzene rings is 2. The molecule has 0 aliphatic heterocycles. The molecule has 0 aliphatic carbocycles. The van der Waals surface area contributed by atoms with Crippen LogP contribution in [0.2, 0.25) is 0 Å². The Bertz CT molecular complexity index is 837. The van der Waals surface area contributed by atoms with Crippen molar-refractivity contribution < 1.29 is 22.0 Å². The van der Waals surface area contributed by atoms with Gasteiger partial charge in [0.25, 0.3) is 0 Å². The minimum absolute atomic E-state index is 0.0927. The van der Waals surface area contributed by atoms with Crippen molar-refractivity contribution in [2.75, 3.05) is 11.9 Å². The van der Waals surface area contributed by atoms with Crippen LogP contribution in [-0.2, 0) is 14.8 Å². The highest BCUT2D eigenvalue weighted by atomic mass is 32.2. The molecule has 2 aromatic rings. The third-order valence-electron chi connectivity index (χ3n) is 3.22. The lowest BCUT2D eigenvalue weighted by atomic mass is 10.2. The van der Waals surface area contributed by atoms with Crippen LogP contribution in [0.25, 0.3) is 0 Å². The van der Waals surface area contributed by atoms with Crippen molar-refractivity contribution in [3.8, 4) is 0 Å². The van der Waals surface area contributed by atoms with Crippen molar-refractivity contribution in [2.24, 2.45) is 0 Å². The second-order valence-electron chi connectivity index (χ2n) is 5.11. The lowest BCUT2D eigenvalue weighted by molar-refractivity contribution is -0.116. The molecule has 0 heterocycles. The van der Waals surface area contributed by atoms with Crippen molar-refractivity contribution in [3.05, 3.63) is 59.7 Å². The summed E-state index contributed by atoms with van der Waals surface area (Å²) in [5.74, 6) is -1.44. The van der Waals surface area contributed by atoms with E-state index in [2.05, 4.69) is 10.0 Å². The van der Waals surface area contributed by atoms with Gasteiger partial charge in [-0.25, -0.2) is 21.9 Å². The average molecular weight is 354 g/mol. The maximum atomic E-state index is 13.4. The molecule has 0 radical (unpaired) electrons. The molecule has 0 saturated carbocycles. The van der Waals surface area contributed by atoms with Gasteiger partial charge in [0.1, 0.15) is 11.6 Å². The molecule has 0 atom stereocenters. The second kappa shape index (κ2) is 7.50. The van der Waals surface area contributed by atoms with Crippen LogP contribution in [-0.4, -0.2) is 20.9 Å². The number of nitrogens with one attached hydrogen (secondary N) is 2. The fraction of sp³-hybridized carbons (Fsp3) is 0.188. The average Bonchev–Trinajstić information content (AvgIpc) is 2.51. The number of aryl methyl sites for hydroxylation is 1. The van der Waals surface area contributed by atoms with E-state index in [1.54, 1.807) is 13.0 Å². The first-order chi connectivity index (χ1) is 11.3. The highest BCUT2D eigenvalue weighted by molar-refractivity contribution is 7.89. The van der Waals surface area contributed by atoms with Gasteiger partial charge >= 0.3 is 0 Å². The fourth-order valence-corrected chi connectivity index (χ4v) is 2.92. The lowest BCUT2D eigenvalue weighted by Crippen LogP contribution is -2.27. The molecular formula is C16H16F2N2O3S. The van der Waals surface area contributed by atoms with Crippen molar-refractivity contribution >= 4 is 21.6 Å². The summed E-state index contributed by atoms with van der Waals surface area (Å²) in [6.45, 7) is 1.46. The summed E-state index contributed by atoms with van der Waals surface area (Å²) in [5, 5.41) is 2.48. The van der Waals surface area contributed by atoms with Crippen LogP contribution in [0, 0.1) is 18.6 Å². The number of carbonyl (C=O) groups excluding carboxylic acids is 1. The van der Waals surface area contributed by atoms with Crippen LogP contribution in [0.1, 0.15) is 12.0 Å². The number of anilines is 1. The summed E-state index contributed by atoms with van der Waals surface area (Å²) >= 11 is 0. The van der Waals surface area contributed by atoms with Gasteiger partial charge in [0.2, 0.25) is 15.9 Å². The molecule has 0 saturated heterocycles. The molecule has 0 aromatic heterocycles. The Hall–Kier alpha value is -2.32. The molecule has 0 unspecified atom stereocenters. The Labute approximate surface area is 138 Å². The molecule has 0 fully saturated rings. The number of sulfonamides is 1. The third kappa shape index (κ3) is 4.84. The van der Waals surface area contributed by atoms with Gasteiger partial charge < -0.3 is 5.32 Å². The predicted molar refractivity (Wildman–Crippen MR) is 86.0 cm³/mol. The van der Waals surface area contributed by atoms with Crippen LogP contribution < -0.4 is 10.0 Å². The number of hydrogen-bond donors (Lipinski definition) is 2. The summed E-state index contributed by atoms with van der Waals surface area (Å²) < 4.78 is 52.3. The quantitative estimate of drug-likeness (QED) is 0.837. The minimum atomic E-state index is -3.81. The van der Waals surface area contributed by atoms with Crippen LogP contribution in [0.4, 0.5) is 14.5 Å². The van der Waals surface area contributed by atoms with Gasteiger partial charge in [0.05, 0.1) is 4.90 Å². The van der Waals surface area contributed by atoms with Crippen LogP contribution in [0.15, 0.2) is 47.4 Å². The summed E-state index contributed by atoms with van der Waals surface area (Å²) in [4.78, 5) is 11.7. The molecule has 0 spiro atoms. The number of hydrogen-bond acceptors (Lipinski definition) is 3. The maximum absolute atomic E-state index is 13.4. The predicted octanol–water partition coefficient (Wildman–Crippen LogP) is 2.58. The summed E-state index contributed by atoms with van der Waals surface area (Å²) in [6, 6.07) is 8.61. The largest absolute Gasteiger partial charge is 0.326 e. The topological polar surface area (TPSA) is 75.3 Å². The molecule has 2 N–H and O–H groups in total. The van der Waals surface area contributed by atoms with E-state index in [1.807, 2.05) is 0 Å². The van der Waals surface area contributed by atoms with Crippen molar-refractivity contribution in [2.45, 2.75) is 18.2 Å². The summed E-state index contributed by atoms with van der Waals surface area (Å²) in [5.41, 5.74) is 0.754. The SMILES string of the molecule is Cc1ccc(NC(=O)CCNS(=O)(=O)c2ccc(F)cc2)cc1F. The molecule has 24 heavy (non-hydrogen) atoms. The van der Waals surface area contributed by atoms with Gasteiger partial charge in [-0.15, -0.1) is 0 Å². The van der Waals surface area contributed by atoms with Gasteiger partial charge in [-0.2, -0.15) is 0 Å². The van der Waals surface area contributed by atoms with Gasteiger partial charge in [0, 0.05) is 18.7 Å². The Kier molecular flexibility index (Phi) is 5.63. The Morgan fingerprint density at radius 1 is 1.08 bits per heavy atom. The van der Waals surface area contributed by atoms with Crippen LogP contribution in [0.5, 0.6) is 0 Å². The first-order valence-corrected chi connectivity index (χ1v) is 8.57. The second-order valence-corrected chi connectivity index (χ2v) is 6.88. The minimum Gasteiger partial charge on any atom is -0.326 e. The summed E-state index contributed by atoms with van der Waals surface area (Å²) in [7, 11) is -3.81. The number of carbonyl (C=O) groups is 1. The molecule has 2 rings (SSSR count). The molecule has 8 heteroatoms. The molecule has 0 bridgehead atoms. The van der Waals surface area contributed by atoms with E-state index in [9.17, 15) is 22.0 Å². The first-order valence-electron chi connectivity index (χ1n) is 7.09. The maximum Gasteiger partial charge on any atom is 0.240 e. The number of rotatable bonds is 6. The van der Waals surface area contributed by atoms with E-state index in [0.717, 1.165) is 24.3 Å². The van der Waals surface area contributed by atoms with Gasteiger partial charge in [-0.05, 0) is 48.9 Å².